The van der Waals surface area contributed by atoms with Crippen molar-refractivity contribution < 1.29 is 9.59 Å². The maximum absolute atomic E-state index is 14.0. The fourth-order valence-corrected chi connectivity index (χ4v) is 7.03. The first-order valence-corrected chi connectivity index (χ1v) is 15.9. The second-order valence-corrected chi connectivity index (χ2v) is 12.6. The molecule has 2 aliphatic rings. The van der Waals surface area contributed by atoms with Gasteiger partial charge < -0.3 is 14.7 Å². The molecule has 1 unspecified atom stereocenters. The molecule has 43 heavy (non-hydrogen) atoms. The Morgan fingerprint density at radius 2 is 1.40 bits per heavy atom. The number of fused-ring (bicyclic) bond motifs is 2. The zero-order valence-corrected chi connectivity index (χ0v) is 25.6. The van der Waals surface area contributed by atoms with E-state index in [-0.39, 0.29) is 17.7 Å². The molecule has 2 aliphatic heterocycles. The molecule has 224 valence electrons. The number of carbonyl (C=O) groups excluding carboxylic acids is 2. The van der Waals surface area contributed by atoms with Crippen molar-refractivity contribution in [3.8, 4) is 0 Å². The summed E-state index contributed by atoms with van der Waals surface area (Å²) in [6.07, 6.45) is 3.89. The molecule has 2 fully saturated rings. The molecule has 0 aliphatic carbocycles. The van der Waals surface area contributed by atoms with E-state index in [0.29, 0.717) is 12.6 Å². The fraction of sp³-hybridized carbons (Fsp3) is 0.405. The molecule has 0 saturated carbocycles. The Labute approximate surface area is 255 Å². The van der Waals surface area contributed by atoms with Crippen molar-refractivity contribution in [3.63, 3.8) is 0 Å². The SMILES string of the molecule is CN(C)CCN(Cc1ccccc1)C(=O)C1CCCN(C2CCN(C(=O)c3c4ccccc4cc4ccccc34)CC2)C1. The van der Waals surface area contributed by atoms with Gasteiger partial charge in [0, 0.05) is 45.3 Å². The van der Waals surface area contributed by atoms with Gasteiger partial charge >= 0.3 is 0 Å². The zero-order valence-electron chi connectivity index (χ0n) is 25.6. The molecule has 6 nitrogen and oxygen atoms in total. The summed E-state index contributed by atoms with van der Waals surface area (Å²) in [6, 6.07) is 29.4. The van der Waals surface area contributed by atoms with Gasteiger partial charge in [-0.25, -0.2) is 0 Å². The lowest BCUT2D eigenvalue weighted by atomic mass is 9.92. The topological polar surface area (TPSA) is 47.1 Å². The number of nitrogens with zero attached hydrogens (tertiary/aromatic N) is 4. The summed E-state index contributed by atoms with van der Waals surface area (Å²) < 4.78 is 0. The molecular weight excluding hydrogens is 532 g/mol. The van der Waals surface area contributed by atoms with Crippen LogP contribution >= 0.6 is 0 Å². The molecule has 0 bridgehead atoms. The van der Waals surface area contributed by atoms with Gasteiger partial charge in [-0.05, 0) is 79.5 Å². The first-order chi connectivity index (χ1) is 21.0. The molecule has 2 amide bonds. The zero-order chi connectivity index (χ0) is 29.8. The van der Waals surface area contributed by atoms with Crippen molar-refractivity contribution in [3.05, 3.63) is 96.1 Å². The molecule has 4 aromatic carbocycles. The summed E-state index contributed by atoms with van der Waals surface area (Å²) in [6.45, 7) is 5.60. The van der Waals surface area contributed by atoms with Crippen LogP contribution in [0, 0.1) is 5.92 Å². The van der Waals surface area contributed by atoms with Gasteiger partial charge in [0.25, 0.3) is 5.91 Å². The second kappa shape index (κ2) is 13.3. The van der Waals surface area contributed by atoms with Crippen LogP contribution < -0.4 is 0 Å². The molecule has 0 radical (unpaired) electrons. The maximum Gasteiger partial charge on any atom is 0.255 e. The highest BCUT2D eigenvalue weighted by molar-refractivity contribution is 6.18. The molecular formula is C37H44N4O2. The molecule has 2 saturated heterocycles. The lowest BCUT2D eigenvalue weighted by molar-refractivity contribution is -0.138. The minimum Gasteiger partial charge on any atom is -0.338 e. The van der Waals surface area contributed by atoms with E-state index >= 15 is 0 Å². The molecule has 0 N–H and O–H groups in total. The van der Waals surface area contributed by atoms with Crippen molar-refractivity contribution >= 4 is 33.4 Å². The Bertz CT molecular complexity index is 1510. The number of hydrogen-bond acceptors (Lipinski definition) is 4. The number of amides is 2. The predicted molar refractivity (Wildman–Crippen MR) is 175 cm³/mol. The lowest BCUT2D eigenvalue weighted by Crippen LogP contribution is -2.52. The Morgan fingerprint density at radius 3 is 2.05 bits per heavy atom. The van der Waals surface area contributed by atoms with E-state index in [1.165, 1.54) is 5.56 Å². The number of piperidine rings is 2. The average Bonchev–Trinajstić information content (AvgIpc) is 3.05. The van der Waals surface area contributed by atoms with E-state index in [2.05, 4.69) is 76.2 Å². The average molecular weight is 577 g/mol. The first-order valence-electron chi connectivity index (χ1n) is 15.9. The van der Waals surface area contributed by atoms with E-state index in [1.54, 1.807) is 0 Å². The monoisotopic (exact) mass is 576 g/mol. The Morgan fingerprint density at radius 1 is 0.767 bits per heavy atom. The van der Waals surface area contributed by atoms with E-state index in [4.69, 9.17) is 0 Å². The fourth-order valence-electron chi connectivity index (χ4n) is 7.03. The summed E-state index contributed by atoms with van der Waals surface area (Å²) in [7, 11) is 4.13. The van der Waals surface area contributed by atoms with Gasteiger partial charge in [0.1, 0.15) is 0 Å². The predicted octanol–water partition coefficient (Wildman–Crippen LogP) is 5.90. The summed E-state index contributed by atoms with van der Waals surface area (Å²) >= 11 is 0. The number of rotatable bonds is 8. The van der Waals surface area contributed by atoms with Gasteiger partial charge in [-0.2, -0.15) is 0 Å². The molecule has 2 heterocycles. The highest BCUT2D eigenvalue weighted by Gasteiger charge is 2.35. The van der Waals surface area contributed by atoms with E-state index in [1.807, 2.05) is 42.5 Å². The third-order valence-electron chi connectivity index (χ3n) is 9.40. The molecule has 0 aromatic heterocycles. The maximum atomic E-state index is 14.0. The van der Waals surface area contributed by atoms with Crippen LogP contribution in [-0.4, -0.2) is 90.8 Å². The highest BCUT2D eigenvalue weighted by Crippen LogP contribution is 2.31. The summed E-state index contributed by atoms with van der Waals surface area (Å²) in [5.41, 5.74) is 2.00. The van der Waals surface area contributed by atoms with Gasteiger partial charge in [-0.15, -0.1) is 0 Å². The summed E-state index contributed by atoms with van der Waals surface area (Å²) in [5.74, 6) is 0.447. The van der Waals surface area contributed by atoms with E-state index in [0.717, 1.165) is 92.1 Å². The number of hydrogen-bond donors (Lipinski definition) is 0. The minimum absolute atomic E-state index is 0.0290. The quantitative estimate of drug-likeness (QED) is 0.245. The second-order valence-electron chi connectivity index (χ2n) is 12.6. The Hall–Kier alpha value is -3.74. The normalized spacial score (nSPS) is 18.4. The summed E-state index contributed by atoms with van der Waals surface area (Å²) in [4.78, 5) is 36.8. The molecule has 0 spiro atoms. The standard InChI is InChI=1S/C37H44N4O2/c1-38(2)23-24-41(26-28-11-4-3-5-12-28)36(42)31-15-10-20-40(27-31)32-18-21-39(22-19-32)37(43)35-33-16-8-6-13-29(33)25-30-14-7-9-17-34(30)35/h3-9,11-14,16-17,25,31-32H,10,15,18-24,26-27H2,1-2H3. The van der Waals surface area contributed by atoms with Crippen LogP contribution in [0.2, 0.25) is 0 Å². The lowest BCUT2D eigenvalue weighted by Gasteiger charge is -2.43. The van der Waals surface area contributed by atoms with Crippen LogP contribution in [0.1, 0.15) is 41.6 Å². The molecule has 6 rings (SSSR count). The van der Waals surface area contributed by atoms with E-state index in [9.17, 15) is 9.59 Å². The van der Waals surface area contributed by atoms with Crippen LogP contribution in [0.5, 0.6) is 0 Å². The van der Waals surface area contributed by atoms with Gasteiger partial charge in [0.2, 0.25) is 5.91 Å². The van der Waals surface area contributed by atoms with Crippen molar-refractivity contribution in [2.24, 2.45) is 5.92 Å². The van der Waals surface area contributed by atoms with Crippen LogP contribution in [0.15, 0.2) is 84.9 Å². The number of likely N-dealkylation sites (tertiary alicyclic amines) is 2. The number of carbonyl (C=O) groups is 2. The smallest absolute Gasteiger partial charge is 0.255 e. The van der Waals surface area contributed by atoms with Crippen LogP contribution in [0.4, 0.5) is 0 Å². The minimum atomic E-state index is 0.0290. The largest absolute Gasteiger partial charge is 0.338 e. The van der Waals surface area contributed by atoms with Crippen molar-refractivity contribution in [2.45, 2.75) is 38.3 Å². The van der Waals surface area contributed by atoms with Crippen molar-refractivity contribution in [2.75, 3.05) is 53.4 Å². The molecule has 1 atom stereocenters. The third-order valence-corrected chi connectivity index (χ3v) is 9.40. The number of likely N-dealkylation sites (N-methyl/N-ethyl adjacent to an activating group) is 1. The molecule has 4 aromatic rings. The van der Waals surface area contributed by atoms with Gasteiger partial charge in [0.05, 0.1) is 11.5 Å². The third kappa shape index (κ3) is 6.61. The van der Waals surface area contributed by atoms with Crippen molar-refractivity contribution in [1.82, 2.24) is 19.6 Å². The van der Waals surface area contributed by atoms with Gasteiger partial charge in [-0.1, -0.05) is 78.9 Å². The molecule has 6 heteroatoms. The van der Waals surface area contributed by atoms with Crippen LogP contribution in [0.25, 0.3) is 21.5 Å². The van der Waals surface area contributed by atoms with Crippen LogP contribution in [0.3, 0.4) is 0 Å². The van der Waals surface area contributed by atoms with Crippen molar-refractivity contribution in [1.29, 1.82) is 0 Å². The van der Waals surface area contributed by atoms with Gasteiger partial charge in [0.15, 0.2) is 0 Å². The van der Waals surface area contributed by atoms with Gasteiger partial charge in [-0.3, -0.25) is 14.5 Å². The first kappa shape index (κ1) is 29.3. The van der Waals surface area contributed by atoms with Crippen LogP contribution in [-0.2, 0) is 11.3 Å². The highest BCUT2D eigenvalue weighted by atomic mass is 16.2. The summed E-state index contributed by atoms with van der Waals surface area (Å²) in [5, 5.41) is 4.27. The number of benzene rings is 4. The Balaban J connectivity index is 1.12. The van der Waals surface area contributed by atoms with E-state index < -0.39 is 0 Å². The Kier molecular flexibility index (Phi) is 9.06.